The Balaban J connectivity index is 2.98. The molecular weight excluding hydrogens is 284 g/mol. The minimum absolute atomic E-state index is 0.181. The summed E-state index contributed by atoms with van der Waals surface area (Å²) in [5.74, 6) is -0.997. The highest BCUT2D eigenvalue weighted by atomic mass is 16.6. The van der Waals surface area contributed by atoms with E-state index in [0.717, 1.165) is 0 Å². The molecule has 0 fully saturated rings. The molecular formula is C16H24N2O4. The molecule has 1 N–H and O–H groups in total. The van der Waals surface area contributed by atoms with Crippen LogP contribution in [0.25, 0.3) is 0 Å². The number of carboxylic acid groups (broad SMARTS) is 1. The molecule has 0 aliphatic carbocycles. The summed E-state index contributed by atoms with van der Waals surface area (Å²) in [6.07, 6.45) is -0.447. The maximum Gasteiger partial charge on any atom is 0.414 e. The van der Waals surface area contributed by atoms with Crippen molar-refractivity contribution >= 4 is 17.7 Å². The molecule has 22 heavy (non-hydrogen) atoms. The van der Waals surface area contributed by atoms with E-state index < -0.39 is 17.7 Å². The second kappa shape index (κ2) is 7.26. The van der Waals surface area contributed by atoms with Crippen LogP contribution in [0.4, 0.5) is 10.5 Å². The lowest BCUT2D eigenvalue weighted by molar-refractivity contribution is 0.0577. The van der Waals surface area contributed by atoms with Gasteiger partial charge in [-0.2, -0.15) is 0 Å². The van der Waals surface area contributed by atoms with Crippen LogP contribution in [0.2, 0.25) is 0 Å². The van der Waals surface area contributed by atoms with Crippen LogP contribution < -0.4 is 4.90 Å². The molecule has 6 heteroatoms. The number of carbonyl (C=O) groups is 2. The number of hydrogen-bond donors (Lipinski definition) is 1. The number of rotatable bonds is 5. The van der Waals surface area contributed by atoms with Crippen molar-refractivity contribution in [3.8, 4) is 0 Å². The summed E-state index contributed by atoms with van der Waals surface area (Å²) in [4.78, 5) is 26.7. The molecule has 1 aromatic rings. The first-order valence-corrected chi connectivity index (χ1v) is 7.09. The van der Waals surface area contributed by atoms with Crippen LogP contribution in [0, 0.1) is 0 Å². The van der Waals surface area contributed by atoms with Crippen LogP contribution in [0.5, 0.6) is 0 Å². The molecule has 1 rings (SSSR count). The Labute approximate surface area is 131 Å². The topological polar surface area (TPSA) is 70.1 Å². The minimum Gasteiger partial charge on any atom is -0.478 e. The number of nitrogens with zero attached hydrogens (tertiary/aromatic N) is 2. The minimum atomic E-state index is -0.997. The van der Waals surface area contributed by atoms with E-state index in [1.165, 1.54) is 17.0 Å². The first-order valence-electron chi connectivity index (χ1n) is 7.09. The Morgan fingerprint density at radius 1 is 1.09 bits per heavy atom. The van der Waals surface area contributed by atoms with E-state index in [9.17, 15) is 9.59 Å². The second-order valence-electron chi connectivity index (χ2n) is 6.29. The first-order chi connectivity index (χ1) is 10.1. The Kier molecular flexibility index (Phi) is 5.93. The Bertz CT molecular complexity index is 518. The van der Waals surface area contributed by atoms with Gasteiger partial charge in [-0.25, -0.2) is 9.59 Å². The number of aromatic carboxylic acids is 1. The Hall–Kier alpha value is -2.08. The summed E-state index contributed by atoms with van der Waals surface area (Å²) in [6, 6.07) is 6.18. The molecule has 0 aliphatic rings. The monoisotopic (exact) mass is 308 g/mol. The van der Waals surface area contributed by atoms with Crippen molar-refractivity contribution in [2.45, 2.75) is 26.4 Å². The predicted molar refractivity (Wildman–Crippen MR) is 85.5 cm³/mol. The summed E-state index contributed by atoms with van der Waals surface area (Å²) in [5.41, 5.74) is 0.204. The molecule has 122 valence electrons. The van der Waals surface area contributed by atoms with Crippen LogP contribution in [-0.2, 0) is 4.74 Å². The SMILES string of the molecule is CN(C)CCN(C(=O)OC(C)(C)C)c1ccc(C(=O)O)cc1. The van der Waals surface area contributed by atoms with Gasteiger partial charge in [0.25, 0.3) is 0 Å². The molecule has 6 nitrogen and oxygen atoms in total. The van der Waals surface area contributed by atoms with Crippen molar-refractivity contribution in [1.29, 1.82) is 0 Å². The van der Waals surface area contributed by atoms with Crippen molar-refractivity contribution < 1.29 is 19.4 Å². The third kappa shape index (κ3) is 5.73. The number of carbonyl (C=O) groups excluding carboxylic acids is 1. The molecule has 0 spiro atoms. The molecule has 0 aromatic heterocycles. The fraction of sp³-hybridized carbons (Fsp3) is 0.500. The van der Waals surface area contributed by atoms with Crippen molar-refractivity contribution in [2.75, 3.05) is 32.1 Å². The van der Waals surface area contributed by atoms with Gasteiger partial charge in [0.1, 0.15) is 5.60 Å². The molecule has 0 saturated heterocycles. The van der Waals surface area contributed by atoms with E-state index in [4.69, 9.17) is 9.84 Å². The van der Waals surface area contributed by atoms with Gasteiger partial charge in [-0.05, 0) is 59.1 Å². The summed E-state index contributed by atoms with van der Waals surface area (Å²) in [5, 5.41) is 8.94. The highest BCUT2D eigenvalue weighted by Gasteiger charge is 2.23. The van der Waals surface area contributed by atoms with E-state index in [-0.39, 0.29) is 5.56 Å². The van der Waals surface area contributed by atoms with Crippen molar-refractivity contribution in [3.63, 3.8) is 0 Å². The lowest BCUT2D eigenvalue weighted by Crippen LogP contribution is -2.40. The van der Waals surface area contributed by atoms with Crippen molar-refractivity contribution in [1.82, 2.24) is 4.90 Å². The number of amides is 1. The zero-order chi connectivity index (χ0) is 16.9. The van der Waals surface area contributed by atoms with Crippen molar-refractivity contribution in [2.24, 2.45) is 0 Å². The van der Waals surface area contributed by atoms with Gasteiger partial charge in [0.15, 0.2) is 0 Å². The Morgan fingerprint density at radius 3 is 2.05 bits per heavy atom. The quantitative estimate of drug-likeness (QED) is 0.905. The van der Waals surface area contributed by atoms with Gasteiger partial charge < -0.3 is 14.7 Å². The number of benzene rings is 1. The predicted octanol–water partition coefficient (Wildman–Crippen LogP) is 2.69. The first kappa shape index (κ1) is 18.0. The molecule has 0 atom stereocenters. The van der Waals surface area contributed by atoms with Gasteiger partial charge in [-0.1, -0.05) is 0 Å². The molecule has 1 amide bonds. The Morgan fingerprint density at radius 2 is 1.64 bits per heavy atom. The molecule has 0 unspecified atom stereocenters. The van der Waals surface area contributed by atoms with Crippen LogP contribution in [0.3, 0.4) is 0 Å². The normalized spacial score (nSPS) is 11.4. The van der Waals surface area contributed by atoms with Gasteiger partial charge >= 0.3 is 12.1 Å². The van der Waals surface area contributed by atoms with E-state index in [1.807, 2.05) is 39.8 Å². The maximum atomic E-state index is 12.4. The second-order valence-corrected chi connectivity index (χ2v) is 6.29. The van der Waals surface area contributed by atoms with E-state index in [1.54, 1.807) is 12.1 Å². The maximum absolute atomic E-state index is 12.4. The zero-order valence-electron chi connectivity index (χ0n) is 13.8. The van der Waals surface area contributed by atoms with Gasteiger partial charge in [0, 0.05) is 18.8 Å². The summed E-state index contributed by atoms with van der Waals surface area (Å²) in [6.45, 7) is 6.54. The summed E-state index contributed by atoms with van der Waals surface area (Å²) < 4.78 is 5.42. The van der Waals surface area contributed by atoms with E-state index in [2.05, 4.69) is 0 Å². The molecule has 0 saturated carbocycles. The lowest BCUT2D eigenvalue weighted by atomic mass is 10.2. The summed E-state index contributed by atoms with van der Waals surface area (Å²) >= 11 is 0. The van der Waals surface area contributed by atoms with Gasteiger partial charge in [0.05, 0.1) is 5.56 Å². The average molecular weight is 308 g/mol. The molecule has 1 aromatic carbocycles. The number of likely N-dealkylation sites (N-methyl/N-ethyl adjacent to an activating group) is 1. The molecule has 0 heterocycles. The smallest absolute Gasteiger partial charge is 0.414 e. The third-order valence-electron chi connectivity index (χ3n) is 2.81. The third-order valence-corrected chi connectivity index (χ3v) is 2.81. The van der Waals surface area contributed by atoms with Crippen LogP contribution in [0.15, 0.2) is 24.3 Å². The van der Waals surface area contributed by atoms with E-state index in [0.29, 0.717) is 18.8 Å². The fourth-order valence-corrected chi connectivity index (χ4v) is 1.73. The van der Waals surface area contributed by atoms with Crippen LogP contribution >= 0.6 is 0 Å². The fourth-order valence-electron chi connectivity index (χ4n) is 1.73. The van der Waals surface area contributed by atoms with Gasteiger partial charge in [0.2, 0.25) is 0 Å². The highest BCUT2D eigenvalue weighted by Crippen LogP contribution is 2.19. The van der Waals surface area contributed by atoms with Crippen LogP contribution in [0.1, 0.15) is 31.1 Å². The largest absolute Gasteiger partial charge is 0.478 e. The number of anilines is 1. The highest BCUT2D eigenvalue weighted by molar-refractivity contribution is 5.91. The van der Waals surface area contributed by atoms with E-state index >= 15 is 0 Å². The lowest BCUT2D eigenvalue weighted by Gasteiger charge is -2.28. The van der Waals surface area contributed by atoms with Gasteiger partial charge in [-0.15, -0.1) is 0 Å². The summed E-state index contributed by atoms with van der Waals surface area (Å²) in [7, 11) is 3.83. The molecule has 0 aliphatic heterocycles. The number of hydrogen-bond acceptors (Lipinski definition) is 4. The number of carboxylic acids is 1. The van der Waals surface area contributed by atoms with Crippen LogP contribution in [-0.4, -0.2) is 54.9 Å². The molecule has 0 bridgehead atoms. The molecule has 0 radical (unpaired) electrons. The number of ether oxygens (including phenoxy) is 1. The van der Waals surface area contributed by atoms with Crippen molar-refractivity contribution in [3.05, 3.63) is 29.8 Å². The average Bonchev–Trinajstić information content (AvgIpc) is 2.37. The van der Waals surface area contributed by atoms with Gasteiger partial charge in [-0.3, -0.25) is 4.90 Å². The zero-order valence-corrected chi connectivity index (χ0v) is 13.8. The standard InChI is InChI=1S/C16H24N2O4/c1-16(2,3)22-15(21)18(11-10-17(4)5)13-8-6-12(7-9-13)14(19)20/h6-9H,10-11H2,1-5H3,(H,19,20).